The molecule has 0 radical (unpaired) electrons. The summed E-state index contributed by atoms with van der Waals surface area (Å²) in [5.74, 6) is 0.316. The maximum atomic E-state index is 11.0. The van der Waals surface area contributed by atoms with Crippen LogP contribution in [-0.4, -0.2) is 17.6 Å². The molecule has 0 aliphatic heterocycles. The van der Waals surface area contributed by atoms with Crippen LogP contribution in [0.2, 0.25) is 0 Å². The molecule has 0 heterocycles. The van der Waals surface area contributed by atoms with Gasteiger partial charge >= 0.3 is 0 Å². The van der Waals surface area contributed by atoms with E-state index >= 15 is 0 Å². The third kappa shape index (κ3) is 3.40. The number of benzene rings is 3. The van der Waals surface area contributed by atoms with Crippen molar-refractivity contribution in [1.29, 1.82) is 0 Å². The van der Waals surface area contributed by atoms with Crippen LogP contribution in [0.25, 0.3) is 21.9 Å². The molecule has 0 fully saturated rings. The van der Waals surface area contributed by atoms with Crippen LogP contribution < -0.4 is 5.32 Å². The zero-order chi connectivity index (χ0) is 16.9. The first kappa shape index (κ1) is 16.1. The van der Waals surface area contributed by atoms with E-state index in [9.17, 15) is 9.90 Å². The maximum Gasteiger partial charge on any atom is 0.216 e. The molecule has 0 saturated carbocycles. The number of carbonyl (C=O) groups excluding carboxylic acids is 1. The zero-order valence-corrected chi connectivity index (χ0v) is 13.8. The minimum Gasteiger partial charge on any atom is -0.507 e. The molecule has 3 aromatic rings. The van der Waals surface area contributed by atoms with Gasteiger partial charge in [-0.15, -0.1) is 0 Å². The van der Waals surface area contributed by atoms with Gasteiger partial charge in [-0.1, -0.05) is 54.6 Å². The molecule has 0 saturated heterocycles. The van der Waals surface area contributed by atoms with E-state index in [4.69, 9.17) is 0 Å². The van der Waals surface area contributed by atoms with Gasteiger partial charge in [0.05, 0.1) is 0 Å². The van der Waals surface area contributed by atoms with Crippen LogP contribution in [0.1, 0.15) is 18.9 Å². The molecule has 0 atom stereocenters. The zero-order valence-electron chi connectivity index (χ0n) is 13.8. The molecule has 3 nitrogen and oxygen atoms in total. The van der Waals surface area contributed by atoms with E-state index in [0.29, 0.717) is 12.3 Å². The summed E-state index contributed by atoms with van der Waals surface area (Å²) in [5, 5.41) is 15.4. The van der Waals surface area contributed by atoms with Gasteiger partial charge in [0.15, 0.2) is 0 Å². The predicted octanol–water partition coefficient (Wildman–Crippen LogP) is 4.28. The fourth-order valence-corrected chi connectivity index (χ4v) is 3.01. The number of hydrogen-bond acceptors (Lipinski definition) is 2. The van der Waals surface area contributed by atoms with Crippen molar-refractivity contribution < 1.29 is 9.90 Å². The predicted molar refractivity (Wildman–Crippen MR) is 98.1 cm³/mol. The first-order valence-electron chi connectivity index (χ1n) is 8.20. The summed E-state index contributed by atoms with van der Waals surface area (Å²) in [7, 11) is 0. The molecule has 122 valence electrons. The van der Waals surface area contributed by atoms with E-state index in [-0.39, 0.29) is 5.91 Å². The summed E-state index contributed by atoms with van der Waals surface area (Å²) >= 11 is 0. The van der Waals surface area contributed by atoms with E-state index in [1.165, 1.54) is 6.92 Å². The number of phenols is 1. The maximum absolute atomic E-state index is 11.0. The number of amides is 1. The Kier molecular flexibility index (Phi) is 4.80. The SMILES string of the molecule is CC(=O)NCCCc1cc(-c2ccccc2)c2ccccc2c1O. The monoisotopic (exact) mass is 319 g/mol. The van der Waals surface area contributed by atoms with Crippen molar-refractivity contribution in [2.24, 2.45) is 0 Å². The third-order valence-corrected chi connectivity index (χ3v) is 4.18. The first-order chi connectivity index (χ1) is 11.7. The van der Waals surface area contributed by atoms with Crippen LogP contribution in [0.3, 0.4) is 0 Å². The Labute approximate surface area is 142 Å². The smallest absolute Gasteiger partial charge is 0.216 e. The lowest BCUT2D eigenvalue weighted by Gasteiger charge is -2.13. The van der Waals surface area contributed by atoms with E-state index < -0.39 is 0 Å². The Morgan fingerprint density at radius 1 is 1.00 bits per heavy atom. The Morgan fingerprint density at radius 3 is 2.38 bits per heavy atom. The Hall–Kier alpha value is -2.81. The number of fused-ring (bicyclic) bond motifs is 1. The highest BCUT2D eigenvalue weighted by Crippen LogP contribution is 2.37. The molecule has 2 N–H and O–H groups in total. The van der Waals surface area contributed by atoms with Crippen LogP contribution >= 0.6 is 0 Å². The molecule has 0 aliphatic carbocycles. The van der Waals surface area contributed by atoms with Crippen molar-refractivity contribution in [2.75, 3.05) is 6.54 Å². The first-order valence-corrected chi connectivity index (χ1v) is 8.20. The highest BCUT2D eigenvalue weighted by Gasteiger charge is 2.12. The summed E-state index contributed by atoms with van der Waals surface area (Å²) in [6.45, 7) is 2.13. The number of aryl methyl sites for hydroxylation is 1. The average Bonchev–Trinajstić information content (AvgIpc) is 2.61. The molecule has 1 amide bonds. The highest BCUT2D eigenvalue weighted by atomic mass is 16.3. The molecule has 3 rings (SSSR count). The topological polar surface area (TPSA) is 49.3 Å². The molecule has 3 aromatic carbocycles. The lowest BCUT2D eigenvalue weighted by Crippen LogP contribution is -2.21. The molecule has 0 aliphatic rings. The fraction of sp³-hybridized carbons (Fsp3) is 0.190. The van der Waals surface area contributed by atoms with Crippen LogP contribution in [0.4, 0.5) is 0 Å². The van der Waals surface area contributed by atoms with E-state index in [0.717, 1.165) is 40.3 Å². The van der Waals surface area contributed by atoms with Crippen LogP contribution in [0.15, 0.2) is 60.7 Å². The summed E-state index contributed by atoms with van der Waals surface area (Å²) in [6.07, 6.45) is 1.51. The average molecular weight is 319 g/mol. The van der Waals surface area contributed by atoms with Crippen molar-refractivity contribution in [3.63, 3.8) is 0 Å². The molecule has 3 heteroatoms. The Bertz CT molecular complexity index is 856. The number of aromatic hydroxyl groups is 1. The molecule has 0 bridgehead atoms. The Morgan fingerprint density at radius 2 is 1.67 bits per heavy atom. The van der Waals surface area contributed by atoms with Crippen molar-refractivity contribution in [1.82, 2.24) is 5.32 Å². The third-order valence-electron chi connectivity index (χ3n) is 4.18. The van der Waals surface area contributed by atoms with Gasteiger partial charge in [-0.25, -0.2) is 0 Å². The van der Waals surface area contributed by atoms with Gasteiger partial charge in [0.1, 0.15) is 5.75 Å². The van der Waals surface area contributed by atoms with Crippen molar-refractivity contribution in [3.05, 3.63) is 66.2 Å². The van der Waals surface area contributed by atoms with Crippen LogP contribution in [0, 0.1) is 0 Å². The number of carbonyl (C=O) groups is 1. The van der Waals surface area contributed by atoms with Crippen molar-refractivity contribution in [3.8, 4) is 16.9 Å². The van der Waals surface area contributed by atoms with Gasteiger partial charge in [-0.3, -0.25) is 4.79 Å². The second-order valence-corrected chi connectivity index (χ2v) is 5.93. The van der Waals surface area contributed by atoms with Gasteiger partial charge in [0, 0.05) is 18.9 Å². The highest BCUT2D eigenvalue weighted by molar-refractivity contribution is 6.00. The van der Waals surface area contributed by atoms with Gasteiger partial charge in [0.2, 0.25) is 5.91 Å². The normalized spacial score (nSPS) is 10.7. The second-order valence-electron chi connectivity index (χ2n) is 5.93. The van der Waals surface area contributed by atoms with Gasteiger partial charge in [-0.2, -0.15) is 0 Å². The molecule has 0 spiro atoms. The van der Waals surface area contributed by atoms with E-state index in [1.54, 1.807) is 0 Å². The van der Waals surface area contributed by atoms with Crippen LogP contribution in [-0.2, 0) is 11.2 Å². The van der Waals surface area contributed by atoms with Crippen LogP contribution in [0.5, 0.6) is 5.75 Å². The molecule has 24 heavy (non-hydrogen) atoms. The van der Waals surface area contributed by atoms with Gasteiger partial charge in [-0.05, 0) is 41.0 Å². The summed E-state index contributed by atoms with van der Waals surface area (Å²) in [6, 6.07) is 20.2. The number of phenolic OH excluding ortho intramolecular Hbond substituents is 1. The Balaban J connectivity index is 2.01. The molecule has 0 unspecified atom stereocenters. The van der Waals surface area contributed by atoms with E-state index in [2.05, 4.69) is 23.5 Å². The largest absolute Gasteiger partial charge is 0.507 e. The van der Waals surface area contributed by atoms with Crippen molar-refractivity contribution >= 4 is 16.7 Å². The molecular weight excluding hydrogens is 298 g/mol. The lowest BCUT2D eigenvalue weighted by molar-refractivity contribution is -0.118. The van der Waals surface area contributed by atoms with E-state index in [1.807, 2.05) is 42.5 Å². The minimum atomic E-state index is -0.0253. The van der Waals surface area contributed by atoms with Gasteiger partial charge in [0.25, 0.3) is 0 Å². The summed E-state index contributed by atoms with van der Waals surface area (Å²) < 4.78 is 0. The number of nitrogens with one attached hydrogen (secondary N) is 1. The minimum absolute atomic E-state index is 0.0253. The fourth-order valence-electron chi connectivity index (χ4n) is 3.01. The standard InChI is InChI=1S/C21H21NO2/c1-15(23)22-13-7-10-17-14-20(16-8-3-2-4-9-16)18-11-5-6-12-19(18)21(17)24/h2-6,8-9,11-12,14,24H,7,10,13H2,1H3,(H,22,23). The molecule has 0 aromatic heterocycles. The van der Waals surface area contributed by atoms with Gasteiger partial charge < -0.3 is 10.4 Å². The quantitative estimate of drug-likeness (QED) is 0.690. The lowest BCUT2D eigenvalue weighted by atomic mass is 9.93. The van der Waals surface area contributed by atoms with Crippen molar-refractivity contribution in [2.45, 2.75) is 19.8 Å². The summed E-state index contributed by atoms with van der Waals surface area (Å²) in [4.78, 5) is 11.0. The second kappa shape index (κ2) is 7.18. The number of hydrogen-bond donors (Lipinski definition) is 2. The summed E-state index contributed by atoms with van der Waals surface area (Å²) in [5.41, 5.74) is 3.17. The number of rotatable bonds is 5. The molecular formula is C21H21NO2.